The van der Waals surface area contributed by atoms with Crippen molar-refractivity contribution in [2.75, 3.05) is 37.7 Å². The molecule has 0 unspecified atom stereocenters. The molecule has 0 spiro atoms. The SMILES string of the molecule is O=C(c1ccc(Cl)c(S(=O)(=O)N2CCCCCC2)c1)N1CCS(=O)CC1. The van der Waals surface area contributed by atoms with E-state index in [0.717, 1.165) is 25.7 Å². The molecule has 2 aliphatic rings. The van der Waals surface area contributed by atoms with Gasteiger partial charge in [-0.1, -0.05) is 24.4 Å². The van der Waals surface area contributed by atoms with Crippen molar-refractivity contribution in [1.29, 1.82) is 0 Å². The van der Waals surface area contributed by atoms with E-state index < -0.39 is 20.8 Å². The average molecular weight is 419 g/mol. The molecular formula is C17H23ClN2O4S2. The molecule has 0 aliphatic carbocycles. The predicted molar refractivity (Wildman–Crippen MR) is 102 cm³/mol. The smallest absolute Gasteiger partial charge is 0.253 e. The lowest BCUT2D eigenvalue weighted by Gasteiger charge is -2.27. The second-order valence-corrected chi connectivity index (χ2v) is 10.6. The lowest BCUT2D eigenvalue weighted by atomic mass is 10.2. The Morgan fingerprint density at radius 2 is 1.62 bits per heavy atom. The van der Waals surface area contributed by atoms with Crippen LogP contribution in [-0.4, -0.2) is 65.4 Å². The van der Waals surface area contributed by atoms with Gasteiger partial charge in [-0.25, -0.2) is 8.42 Å². The van der Waals surface area contributed by atoms with Gasteiger partial charge >= 0.3 is 0 Å². The normalized spacial score (nSPS) is 20.7. The first-order chi connectivity index (χ1) is 12.4. The fourth-order valence-electron chi connectivity index (χ4n) is 3.28. The highest BCUT2D eigenvalue weighted by molar-refractivity contribution is 7.89. The van der Waals surface area contributed by atoms with Gasteiger partial charge in [0, 0.05) is 54.0 Å². The van der Waals surface area contributed by atoms with E-state index in [9.17, 15) is 17.4 Å². The number of nitrogens with zero attached hydrogens (tertiary/aromatic N) is 2. The minimum atomic E-state index is -3.73. The minimum absolute atomic E-state index is 0.00694. The zero-order valence-corrected chi connectivity index (χ0v) is 16.9. The van der Waals surface area contributed by atoms with Gasteiger partial charge in [-0.05, 0) is 31.0 Å². The van der Waals surface area contributed by atoms with E-state index in [4.69, 9.17) is 11.6 Å². The minimum Gasteiger partial charge on any atom is -0.337 e. The Hall–Kier alpha value is -0.960. The van der Waals surface area contributed by atoms with Crippen LogP contribution < -0.4 is 0 Å². The van der Waals surface area contributed by atoms with Gasteiger partial charge < -0.3 is 4.90 Å². The molecule has 2 aliphatic heterocycles. The molecule has 1 aromatic carbocycles. The second-order valence-electron chi connectivity index (χ2n) is 6.60. The highest BCUT2D eigenvalue weighted by Gasteiger charge is 2.29. The Morgan fingerprint density at radius 3 is 2.23 bits per heavy atom. The lowest BCUT2D eigenvalue weighted by Crippen LogP contribution is -2.41. The molecule has 0 saturated carbocycles. The molecule has 1 aromatic rings. The largest absolute Gasteiger partial charge is 0.337 e. The van der Waals surface area contributed by atoms with Crippen LogP contribution in [-0.2, 0) is 20.8 Å². The quantitative estimate of drug-likeness (QED) is 0.753. The maximum absolute atomic E-state index is 13.0. The van der Waals surface area contributed by atoms with Crippen LogP contribution in [0.5, 0.6) is 0 Å². The highest BCUT2D eigenvalue weighted by Crippen LogP contribution is 2.28. The van der Waals surface area contributed by atoms with Gasteiger partial charge in [0.15, 0.2) is 0 Å². The summed E-state index contributed by atoms with van der Waals surface area (Å²) in [5.74, 6) is 0.668. The van der Waals surface area contributed by atoms with Gasteiger partial charge in [0.05, 0.1) is 5.02 Å². The lowest BCUT2D eigenvalue weighted by molar-refractivity contribution is 0.0771. The van der Waals surface area contributed by atoms with Gasteiger partial charge in [0.1, 0.15) is 4.90 Å². The number of amides is 1. The van der Waals surface area contributed by atoms with Crippen molar-refractivity contribution >= 4 is 38.3 Å². The molecule has 1 amide bonds. The van der Waals surface area contributed by atoms with Crippen LogP contribution >= 0.6 is 11.6 Å². The monoisotopic (exact) mass is 418 g/mol. The number of sulfonamides is 1. The first-order valence-electron chi connectivity index (χ1n) is 8.83. The number of rotatable bonds is 3. The molecule has 144 valence electrons. The molecule has 0 atom stereocenters. The van der Waals surface area contributed by atoms with Crippen LogP contribution in [0.15, 0.2) is 23.1 Å². The molecule has 6 nitrogen and oxygen atoms in total. The van der Waals surface area contributed by atoms with Crippen LogP contribution in [0.3, 0.4) is 0 Å². The van der Waals surface area contributed by atoms with Crippen LogP contribution in [0.2, 0.25) is 5.02 Å². The summed E-state index contributed by atoms with van der Waals surface area (Å²) in [5.41, 5.74) is 0.301. The average Bonchev–Trinajstić information content (AvgIpc) is 2.92. The third kappa shape index (κ3) is 4.30. The molecule has 0 N–H and O–H groups in total. The summed E-state index contributed by atoms with van der Waals surface area (Å²) in [7, 11) is -4.61. The van der Waals surface area contributed by atoms with E-state index in [1.54, 1.807) is 11.0 Å². The summed E-state index contributed by atoms with van der Waals surface area (Å²) in [6.07, 6.45) is 3.71. The Labute approximate surface area is 162 Å². The van der Waals surface area contributed by atoms with E-state index in [-0.39, 0.29) is 15.8 Å². The van der Waals surface area contributed by atoms with Crippen LogP contribution in [0.1, 0.15) is 36.0 Å². The van der Waals surface area contributed by atoms with Crippen LogP contribution in [0.4, 0.5) is 0 Å². The fourth-order valence-corrected chi connectivity index (χ4v) is 6.35. The van der Waals surface area contributed by atoms with Crippen molar-refractivity contribution in [2.45, 2.75) is 30.6 Å². The number of benzene rings is 1. The maximum Gasteiger partial charge on any atom is 0.253 e. The highest BCUT2D eigenvalue weighted by atomic mass is 35.5. The van der Waals surface area contributed by atoms with E-state index >= 15 is 0 Å². The molecule has 2 fully saturated rings. The van der Waals surface area contributed by atoms with Crippen LogP contribution in [0, 0.1) is 0 Å². The van der Waals surface area contributed by atoms with E-state index in [0.29, 0.717) is 43.2 Å². The van der Waals surface area contributed by atoms with Gasteiger partial charge in [0.25, 0.3) is 5.91 Å². The Kier molecular flexibility index (Phi) is 6.37. The third-order valence-corrected chi connectivity index (χ3v) is 8.48. The zero-order chi connectivity index (χ0) is 18.7. The van der Waals surface area contributed by atoms with Crippen molar-refractivity contribution in [3.05, 3.63) is 28.8 Å². The maximum atomic E-state index is 13.0. The summed E-state index contributed by atoms with van der Waals surface area (Å²) >= 11 is 6.18. The van der Waals surface area contributed by atoms with Gasteiger partial charge in [0.2, 0.25) is 10.0 Å². The number of hydrogen-bond acceptors (Lipinski definition) is 4. The molecule has 0 aromatic heterocycles. The third-order valence-electron chi connectivity index (χ3n) is 4.83. The molecule has 0 radical (unpaired) electrons. The Bertz CT molecular complexity index is 795. The van der Waals surface area contributed by atoms with Gasteiger partial charge in [-0.15, -0.1) is 0 Å². The van der Waals surface area contributed by atoms with Crippen molar-refractivity contribution in [3.63, 3.8) is 0 Å². The predicted octanol–water partition coefficient (Wildman–Crippen LogP) is 2.11. The number of carbonyl (C=O) groups is 1. The fraction of sp³-hybridized carbons (Fsp3) is 0.588. The van der Waals surface area contributed by atoms with Crippen molar-refractivity contribution < 1.29 is 17.4 Å². The second kappa shape index (κ2) is 8.37. The molecule has 26 heavy (non-hydrogen) atoms. The Morgan fingerprint density at radius 1 is 1.00 bits per heavy atom. The summed E-state index contributed by atoms with van der Waals surface area (Å²) in [6.45, 7) is 1.80. The molecule has 2 saturated heterocycles. The molecule has 3 rings (SSSR count). The molecule has 9 heteroatoms. The number of hydrogen-bond donors (Lipinski definition) is 0. The first-order valence-corrected chi connectivity index (χ1v) is 12.1. The number of carbonyl (C=O) groups excluding carboxylic acids is 1. The first kappa shape index (κ1) is 19.8. The molecular weight excluding hydrogens is 396 g/mol. The number of halogens is 1. The van der Waals surface area contributed by atoms with E-state index in [1.165, 1.54) is 16.4 Å². The van der Waals surface area contributed by atoms with Gasteiger partial charge in [-0.2, -0.15) is 4.31 Å². The van der Waals surface area contributed by atoms with E-state index in [1.807, 2.05) is 0 Å². The molecule has 2 heterocycles. The van der Waals surface area contributed by atoms with E-state index in [2.05, 4.69) is 0 Å². The molecule has 0 bridgehead atoms. The van der Waals surface area contributed by atoms with Crippen LogP contribution in [0.25, 0.3) is 0 Å². The summed E-state index contributed by atoms with van der Waals surface area (Å²) in [6, 6.07) is 4.41. The van der Waals surface area contributed by atoms with Gasteiger partial charge in [-0.3, -0.25) is 9.00 Å². The standard InChI is InChI=1S/C17H23ClN2O4S2/c18-15-6-5-14(17(21)19-9-11-25(22)12-10-19)13-16(15)26(23,24)20-7-3-1-2-4-8-20/h5-6,13H,1-4,7-12H2. The van der Waals surface area contributed by atoms with Crippen molar-refractivity contribution in [1.82, 2.24) is 9.21 Å². The van der Waals surface area contributed by atoms with Crippen molar-refractivity contribution in [2.24, 2.45) is 0 Å². The summed E-state index contributed by atoms with van der Waals surface area (Å²) in [4.78, 5) is 14.3. The zero-order valence-electron chi connectivity index (χ0n) is 14.5. The summed E-state index contributed by atoms with van der Waals surface area (Å²) in [5, 5.41) is 0.130. The van der Waals surface area contributed by atoms with Crippen molar-refractivity contribution in [3.8, 4) is 0 Å². The summed E-state index contributed by atoms with van der Waals surface area (Å²) < 4.78 is 39.0. The topological polar surface area (TPSA) is 74.8 Å². The Balaban J connectivity index is 1.87.